The number of halogens is 1. The number of likely N-dealkylation sites (tertiary alicyclic amines) is 1. The van der Waals surface area contributed by atoms with Crippen molar-refractivity contribution in [3.63, 3.8) is 0 Å². The monoisotopic (exact) mass is 545 g/mol. The molecule has 0 radical (unpaired) electrons. The highest BCUT2D eigenvalue weighted by atomic mass is 35.5. The number of amides is 3. The van der Waals surface area contributed by atoms with Crippen LogP contribution in [0.25, 0.3) is 0 Å². The molecule has 0 aromatic heterocycles. The third-order valence-electron chi connectivity index (χ3n) is 8.82. The molecule has 3 fully saturated rings. The highest BCUT2D eigenvalue weighted by Gasteiger charge is 2.45. The molecule has 1 unspecified atom stereocenters. The summed E-state index contributed by atoms with van der Waals surface area (Å²) in [7, 11) is 1.80. The van der Waals surface area contributed by atoms with Crippen molar-refractivity contribution in [2.24, 2.45) is 11.3 Å². The standard InChI is InChI=1S/C30H44ClN3O4/c1-4-8-22(15-18-32-28(36)30(2)16-17-30)27(35)34-19-25(21-11-13-23(31)14-12-21)26(20-34)33(3)29(37)38-24-9-6-5-7-10-24/h11-14,22,24-26H,4-10,15-20H2,1-3H3,(H,32,36)/t22?,25-,26+/m0/s1. The van der Waals surface area contributed by atoms with Crippen LogP contribution in [-0.2, 0) is 14.3 Å². The maximum absolute atomic E-state index is 13.8. The largest absolute Gasteiger partial charge is 0.446 e. The Morgan fingerprint density at radius 1 is 1.11 bits per heavy atom. The molecule has 1 saturated heterocycles. The van der Waals surface area contributed by atoms with Crippen LogP contribution < -0.4 is 5.32 Å². The lowest BCUT2D eigenvalue weighted by Crippen LogP contribution is -2.44. The number of carbonyl (C=O) groups excluding carboxylic acids is 3. The highest BCUT2D eigenvalue weighted by Crippen LogP contribution is 2.45. The molecule has 7 nitrogen and oxygen atoms in total. The van der Waals surface area contributed by atoms with E-state index in [-0.39, 0.29) is 47.3 Å². The van der Waals surface area contributed by atoms with Gasteiger partial charge in [0.05, 0.1) is 6.04 Å². The third kappa shape index (κ3) is 7.02. The van der Waals surface area contributed by atoms with Crippen LogP contribution in [0.3, 0.4) is 0 Å². The number of likely N-dealkylation sites (N-methyl/N-ethyl adjacent to an activating group) is 1. The fourth-order valence-corrected chi connectivity index (χ4v) is 6.05. The summed E-state index contributed by atoms with van der Waals surface area (Å²) >= 11 is 6.16. The summed E-state index contributed by atoms with van der Waals surface area (Å²) in [6, 6.07) is 7.52. The van der Waals surface area contributed by atoms with Gasteiger partial charge in [-0.25, -0.2) is 4.79 Å². The van der Waals surface area contributed by atoms with Gasteiger partial charge in [0.15, 0.2) is 0 Å². The number of carbonyl (C=O) groups is 3. The van der Waals surface area contributed by atoms with Crippen LogP contribution >= 0.6 is 11.6 Å². The highest BCUT2D eigenvalue weighted by molar-refractivity contribution is 6.30. The minimum atomic E-state index is -0.309. The first-order valence-corrected chi connectivity index (χ1v) is 14.9. The molecule has 210 valence electrons. The average molecular weight is 546 g/mol. The number of hydrogen-bond donors (Lipinski definition) is 1. The van der Waals surface area contributed by atoms with E-state index in [0.717, 1.165) is 56.9 Å². The molecule has 38 heavy (non-hydrogen) atoms. The molecule has 1 aliphatic heterocycles. The first-order chi connectivity index (χ1) is 18.2. The lowest BCUT2D eigenvalue weighted by molar-refractivity contribution is -0.135. The van der Waals surface area contributed by atoms with E-state index in [1.807, 2.05) is 36.1 Å². The lowest BCUT2D eigenvalue weighted by atomic mass is 9.93. The minimum absolute atomic E-state index is 0.0196. The van der Waals surface area contributed by atoms with Crippen molar-refractivity contribution in [3.05, 3.63) is 34.9 Å². The lowest BCUT2D eigenvalue weighted by Gasteiger charge is -2.31. The van der Waals surface area contributed by atoms with Crippen molar-refractivity contribution >= 4 is 29.5 Å². The van der Waals surface area contributed by atoms with Gasteiger partial charge in [-0.05, 0) is 69.1 Å². The Labute approximate surface area is 232 Å². The zero-order valence-electron chi connectivity index (χ0n) is 23.2. The summed E-state index contributed by atoms with van der Waals surface area (Å²) in [5.74, 6) is 0.0184. The van der Waals surface area contributed by atoms with Gasteiger partial charge >= 0.3 is 6.09 Å². The predicted octanol–water partition coefficient (Wildman–Crippen LogP) is 5.76. The van der Waals surface area contributed by atoms with Crippen LogP contribution in [0.5, 0.6) is 0 Å². The zero-order valence-corrected chi connectivity index (χ0v) is 24.0. The second-order valence-electron chi connectivity index (χ2n) is 11.8. The summed E-state index contributed by atoms with van der Waals surface area (Å²) in [4.78, 5) is 42.9. The van der Waals surface area contributed by atoms with Crippen molar-refractivity contribution in [1.82, 2.24) is 15.1 Å². The van der Waals surface area contributed by atoms with E-state index in [1.54, 1.807) is 11.9 Å². The number of benzene rings is 1. The molecule has 1 heterocycles. The fourth-order valence-electron chi connectivity index (χ4n) is 5.93. The van der Waals surface area contributed by atoms with E-state index in [9.17, 15) is 14.4 Å². The number of hydrogen-bond acceptors (Lipinski definition) is 4. The Kier molecular flexibility index (Phi) is 9.61. The Morgan fingerprint density at radius 2 is 1.79 bits per heavy atom. The van der Waals surface area contributed by atoms with Crippen molar-refractivity contribution in [2.45, 2.75) is 96.1 Å². The molecule has 2 aliphatic carbocycles. The van der Waals surface area contributed by atoms with Gasteiger partial charge in [0.1, 0.15) is 6.10 Å². The molecule has 3 atom stereocenters. The normalized spacial score (nSPS) is 23.5. The maximum Gasteiger partial charge on any atom is 0.410 e. The van der Waals surface area contributed by atoms with Gasteiger partial charge in [-0.2, -0.15) is 0 Å². The maximum atomic E-state index is 13.8. The molecule has 8 heteroatoms. The fraction of sp³-hybridized carbons (Fsp3) is 0.700. The predicted molar refractivity (Wildman–Crippen MR) is 149 cm³/mol. The topological polar surface area (TPSA) is 79.0 Å². The van der Waals surface area contributed by atoms with Gasteiger partial charge < -0.3 is 19.9 Å². The van der Waals surface area contributed by atoms with Crippen molar-refractivity contribution < 1.29 is 19.1 Å². The van der Waals surface area contributed by atoms with Gasteiger partial charge in [0, 0.05) is 49.0 Å². The van der Waals surface area contributed by atoms with Gasteiger partial charge in [-0.3, -0.25) is 9.59 Å². The number of rotatable bonds is 10. The van der Waals surface area contributed by atoms with Gasteiger partial charge in [-0.1, -0.05) is 50.4 Å². The van der Waals surface area contributed by atoms with E-state index in [4.69, 9.17) is 16.3 Å². The Hall–Kier alpha value is -2.28. The van der Waals surface area contributed by atoms with E-state index in [1.165, 1.54) is 6.42 Å². The third-order valence-corrected chi connectivity index (χ3v) is 9.07. The molecule has 3 amide bonds. The van der Waals surface area contributed by atoms with Crippen LogP contribution in [0.15, 0.2) is 24.3 Å². The van der Waals surface area contributed by atoms with Crippen LogP contribution in [0.4, 0.5) is 4.79 Å². The van der Waals surface area contributed by atoms with Crippen LogP contribution in [0, 0.1) is 11.3 Å². The van der Waals surface area contributed by atoms with Crippen LogP contribution in [0.2, 0.25) is 5.02 Å². The van der Waals surface area contributed by atoms with Gasteiger partial charge in [-0.15, -0.1) is 0 Å². The van der Waals surface area contributed by atoms with Gasteiger partial charge in [0.25, 0.3) is 0 Å². The molecule has 4 rings (SSSR count). The first-order valence-electron chi connectivity index (χ1n) is 14.5. The first kappa shape index (κ1) is 28.7. The summed E-state index contributed by atoms with van der Waals surface area (Å²) in [6.07, 6.45) is 9.08. The molecule has 0 spiro atoms. The Bertz CT molecular complexity index is 974. The summed E-state index contributed by atoms with van der Waals surface area (Å²) in [6.45, 7) is 5.59. The summed E-state index contributed by atoms with van der Waals surface area (Å²) < 4.78 is 5.88. The van der Waals surface area contributed by atoms with Crippen molar-refractivity contribution in [3.8, 4) is 0 Å². The van der Waals surface area contributed by atoms with E-state index >= 15 is 0 Å². The number of nitrogens with one attached hydrogen (secondary N) is 1. The quantitative estimate of drug-likeness (QED) is 0.405. The molecule has 1 aromatic carbocycles. The van der Waals surface area contributed by atoms with Crippen LogP contribution in [0.1, 0.15) is 89.5 Å². The zero-order chi connectivity index (χ0) is 27.3. The van der Waals surface area contributed by atoms with Crippen molar-refractivity contribution in [1.29, 1.82) is 0 Å². The SMILES string of the molecule is CCCC(CCNC(=O)C1(C)CC1)C(=O)N1C[C@@H](N(C)C(=O)OC2CCCCC2)[C@H](c2ccc(Cl)cc2)C1. The minimum Gasteiger partial charge on any atom is -0.446 e. The van der Waals surface area contributed by atoms with Crippen LogP contribution in [-0.4, -0.2) is 66.5 Å². The smallest absolute Gasteiger partial charge is 0.410 e. The average Bonchev–Trinajstić information content (AvgIpc) is 3.52. The van der Waals surface area contributed by atoms with E-state index in [2.05, 4.69) is 12.2 Å². The van der Waals surface area contributed by atoms with E-state index in [0.29, 0.717) is 31.1 Å². The molecular weight excluding hydrogens is 502 g/mol. The number of nitrogens with zero attached hydrogens (tertiary/aromatic N) is 2. The summed E-state index contributed by atoms with van der Waals surface area (Å²) in [5, 5.41) is 3.71. The second-order valence-corrected chi connectivity index (χ2v) is 12.3. The Morgan fingerprint density at radius 3 is 2.42 bits per heavy atom. The molecule has 1 N–H and O–H groups in total. The Balaban J connectivity index is 1.44. The molecule has 3 aliphatic rings. The second kappa shape index (κ2) is 12.7. The van der Waals surface area contributed by atoms with E-state index < -0.39 is 0 Å². The van der Waals surface area contributed by atoms with Crippen molar-refractivity contribution in [2.75, 3.05) is 26.7 Å². The molecule has 1 aromatic rings. The molecular formula is C30H44ClN3O4. The summed E-state index contributed by atoms with van der Waals surface area (Å²) in [5.41, 5.74) is 0.846. The molecule has 2 saturated carbocycles. The number of ether oxygens (including phenoxy) is 1. The van der Waals surface area contributed by atoms with Gasteiger partial charge in [0.2, 0.25) is 11.8 Å². The molecule has 0 bridgehead atoms.